The Balaban J connectivity index is 1.81. The minimum atomic E-state index is 0.0518. The number of hydrogen-bond donors (Lipinski definition) is 1. The first kappa shape index (κ1) is 7.93. The molecule has 0 aromatic rings. The van der Waals surface area contributed by atoms with Gasteiger partial charge in [-0.05, 0) is 49.0 Å². The summed E-state index contributed by atoms with van der Waals surface area (Å²) in [6, 6.07) is 0. The van der Waals surface area contributed by atoms with Crippen LogP contribution in [0.3, 0.4) is 0 Å². The highest BCUT2D eigenvalue weighted by Gasteiger charge is 2.35. The second kappa shape index (κ2) is 3.36. The standard InChI is InChI=1S/C9H16OS/c10-9(7-1-2-7)8-3-5-11-6-4-8/h7-10H,1-6H2. The van der Waals surface area contributed by atoms with Crippen LogP contribution in [0.25, 0.3) is 0 Å². The molecule has 1 nitrogen and oxygen atoms in total. The van der Waals surface area contributed by atoms with Crippen molar-refractivity contribution in [2.45, 2.75) is 31.8 Å². The molecule has 0 amide bonds. The normalized spacial score (nSPS) is 30.3. The van der Waals surface area contributed by atoms with E-state index in [1.165, 1.54) is 37.2 Å². The van der Waals surface area contributed by atoms with Crippen LogP contribution in [0, 0.1) is 11.8 Å². The third-order valence-electron chi connectivity index (χ3n) is 2.85. The Labute approximate surface area is 72.6 Å². The van der Waals surface area contributed by atoms with Crippen LogP contribution in [-0.2, 0) is 0 Å². The van der Waals surface area contributed by atoms with Gasteiger partial charge in [0.05, 0.1) is 6.10 Å². The first-order valence-electron chi connectivity index (χ1n) is 4.64. The molecule has 1 atom stereocenters. The quantitative estimate of drug-likeness (QED) is 0.686. The molecule has 64 valence electrons. The summed E-state index contributed by atoms with van der Waals surface area (Å²) in [5.41, 5.74) is 0. The smallest absolute Gasteiger partial charge is 0.0597 e. The lowest BCUT2D eigenvalue weighted by Gasteiger charge is -2.26. The molecule has 11 heavy (non-hydrogen) atoms. The van der Waals surface area contributed by atoms with E-state index < -0.39 is 0 Å². The van der Waals surface area contributed by atoms with E-state index in [0.717, 1.165) is 0 Å². The first-order valence-corrected chi connectivity index (χ1v) is 5.79. The number of rotatable bonds is 2. The van der Waals surface area contributed by atoms with Gasteiger partial charge in [-0.15, -0.1) is 0 Å². The van der Waals surface area contributed by atoms with E-state index >= 15 is 0 Å². The minimum Gasteiger partial charge on any atom is -0.393 e. The molecule has 1 saturated carbocycles. The van der Waals surface area contributed by atoms with Gasteiger partial charge in [-0.1, -0.05) is 0 Å². The molecule has 1 aliphatic heterocycles. The van der Waals surface area contributed by atoms with Crippen molar-refractivity contribution in [3.63, 3.8) is 0 Å². The summed E-state index contributed by atoms with van der Waals surface area (Å²) in [5, 5.41) is 9.80. The van der Waals surface area contributed by atoms with Crippen molar-refractivity contribution in [2.24, 2.45) is 11.8 Å². The lowest BCUT2D eigenvalue weighted by Crippen LogP contribution is -2.26. The van der Waals surface area contributed by atoms with Crippen molar-refractivity contribution in [1.82, 2.24) is 0 Å². The average molecular weight is 172 g/mol. The summed E-state index contributed by atoms with van der Waals surface area (Å²) < 4.78 is 0. The van der Waals surface area contributed by atoms with Crippen LogP contribution in [0.2, 0.25) is 0 Å². The molecule has 2 heteroatoms. The van der Waals surface area contributed by atoms with E-state index in [-0.39, 0.29) is 6.10 Å². The molecule has 1 aliphatic carbocycles. The number of aliphatic hydroxyl groups excluding tert-OH is 1. The molecular formula is C9H16OS. The highest BCUT2D eigenvalue weighted by atomic mass is 32.2. The van der Waals surface area contributed by atoms with Crippen molar-refractivity contribution in [1.29, 1.82) is 0 Å². The van der Waals surface area contributed by atoms with Crippen molar-refractivity contribution in [3.05, 3.63) is 0 Å². The fourth-order valence-corrected chi connectivity index (χ4v) is 3.02. The zero-order valence-corrected chi connectivity index (χ0v) is 7.65. The average Bonchev–Trinajstić information content (AvgIpc) is 2.87. The van der Waals surface area contributed by atoms with Crippen LogP contribution in [0.4, 0.5) is 0 Å². The Hall–Kier alpha value is 0.310. The van der Waals surface area contributed by atoms with Gasteiger partial charge in [0.25, 0.3) is 0 Å². The molecule has 0 aromatic heterocycles. The molecule has 2 rings (SSSR count). The zero-order valence-electron chi connectivity index (χ0n) is 6.83. The van der Waals surface area contributed by atoms with Crippen molar-refractivity contribution >= 4 is 11.8 Å². The molecule has 2 fully saturated rings. The molecule has 2 aliphatic rings. The van der Waals surface area contributed by atoms with Gasteiger partial charge in [-0.3, -0.25) is 0 Å². The summed E-state index contributed by atoms with van der Waals surface area (Å²) in [6.45, 7) is 0. The number of thioether (sulfide) groups is 1. The third-order valence-corrected chi connectivity index (χ3v) is 3.90. The molecule has 1 heterocycles. The topological polar surface area (TPSA) is 20.2 Å². The number of aliphatic hydroxyl groups is 1. The Morgan fingerprint density at radius 3 is 2.09 bits per heavy atom. The number of hydrogen-bond acceptors (Lipinski definition) is 2. The van der Waals surface area contributed by atoms with E-state index in [2.05, 4.69) is 0 Å². The Morgan fingerprint density at radius 1 is 1.00 bits per heavy atom. The van der Waals surface area contributed by atoms with Crippen molar-refractivity contribution < 1.29 is 5.11 Å². The van der Waals surface area contributed by atoms with Crippen molar-refractivity contribution in [2.75, 3.05) is 11.5 Å². The summed E-state index contributed by atoms with van der Waals surface area (Å²) in [6.07, 6.45) is 5.12. The Bertz CT molecular complexity index is 128. The van der Waals surface area contributed by atoms with Gasteiger partial charge < -0.3 is 5.11 Å². The highest BCUT2D eigenvalue weighted by molar-refractivity contribution is 7.99. The van der Waals surface area contributed by atoms with Gasteiger partial charge in [-0.2, -0.15) is 11.8 Å². The lowest BCUT2D eigenvalue weighted by atomic mass is 9.93. The van der Waals surface area contributed by atoms with E-state index in [4.69, 9.17) is 0 Å². The molecule has 0 spiro atoms. The molecular weight excluding hydrogens is 156 g/mol. The molecule has 1 saturated heterocycles. The van der Waals surface area contributed by atoms with Gasteiger partial charge in [0.1, 0.15) is 0 Å². The second-order valence-corrected chi connectivity index (χ2v) is 5.00. The van der Waals surface area contributed by atoms with Crippen LogP contribution >= 0.6 is 11.8 Å². The minimum absolute atomic E-state index is 0.0518. The van der Waals surface area contributed by atoms with Crippen molar-refractivity contribution in [3.8, 4) is 0 Å². The third kappa shape index (κ3) is 1.91. The fourth-order valence-electron chi connectivity index (χ4n) is 1.88. The first-order chi connectivity index (χ1) is 5.38. The van der Waals surface area contributed by atoms with E-state index in [9.17, 15) is 5.11 Å². The van der Waals surface area contributed by atoms with Crippen LogP contribution in [0.15, 0.2) is 0 Å². The Kier molecular flexibility index (Phi) is 2.42. The summed E-state index contributed by atoms with van der Waals surface area (Å²) in [4.78, 5) is 0. The maximum Gasteiger partial charge on any atom is 0.0597 e. The van der Waals surface area contributed by atoms with Gasteiger partial charge in [-0.25, -0.2) is 0 Å². The molecule has 0 aromatic carbocycles. The SMILES string of the molecule is OC(C1CCSCC1)C1CC1. The van der Waals surface area contributed by atoms with Crippen LogP contribution in [0.5, 0.6) is 0 Å². The lowest BCUT2D eigenvalue weighted by molar-refractivity contribution is 0.0819. The molecule has 1 unspecified atom stereocenters. The van der Waals surface area contributed by atoms with Gasteiger partial charge >= 0.3 is 0 Å². The monoisotopic (exact) mass is 172 g/mol. The maximum atomic E-state index is 9.80. The predicted molar refractivity (Wildman–Crippen MR) is 48.8 cm³/mol. The fraction of sp³-hybridized carbons (Fsp3) is 1.00. The highest BCUT2D eigenvalue weighted by Crippen LogP contribution is 2.39. The van der Waals surface area contributed by atoms with E-state index in [1.807, 2.05) is 11.8 Å². The Morgan fingerprint density at radius 2 is 1.55 bits per heavy atom. The van der Waals surface area contributed by atoms with E-state index in [0.29, 0.717) is 11.8 Å². The molecule has 1 N–H and O–H groups in total. The maximum absolute atomic E-state index is 9.80. The van der Waals surface area contributed by atoms with E-state index in [1.54, 1.807) is 0 Å². The predicted octanol–water partition coefficient (Wildman–Crippen LogP) is 1.90. The van der Waals surface area contributed by atoms with Crippen LogP contribution < -0.4 is 0 Å². The van der Waals surface area contributed by atoms with Crippen LogP contribution in [0.1, 0.15) is 25.7 Å². The van der Waals surface area contributed by atoms with Crippen LogP contribution in [-0.4, -0.2) is 22.7 Å². The summed E-state index contributed by atoms with van der Waals surface area (Å²) in [7, 11) is 0. The summed E-state index contributed by atoms with van der Waals surface area (Å²) in [5.74, 6) is 3.87. The zero-order chi connectivity index (χ0) is 7.68. The largest absolute Gasteiger partial charge is 0.393 e. The van der Waals surface area contributed by atoms with Gasteiger partial charge in [0.15, 0.2) is 0 Å². The molecule has 0 bridgehead atoms. The van der Waals surface area contributed by atoms with Gasteiger partial charge in [0.2, 0.25) is 0 Å². The summed E-state index contributed by atoms with van der Waals surface area (Å²) >= 11 is 2.04. The second-order valence-electron chi connectivity index (χ2n) is 3.78. The van der Waals surface area contributed by atoms with Gasteiger partial charge in [0, 0.05) is 0 Å². The molecule has 0 radical (unpaired) electrons.